The van der Waals surface area contributed by atoms with Gasteiger partial charge in [-0.05, 0) is 51.6 Å². The van der Waals surface area contributed by atoms with Crippen LogP contribution in [0.3, 0.4) is 0 Å². The molecular formula is C23H34N4O2. The number of aromatic nitrogens is 2. The third-order valence-electron chi connectivity index (χ3n) is 6.54. The summed E-state index contributed by atoms with van der Waals surface area (Å²) in [4.78, 5) is 12.4. The zero-order valence-electron chi connectivity index (χ0n) is 18.0. The largest absolute Gasteiger partial charge is 0.493 e. The number of nitrogens with one attached hydrogen (secondary N) is 1. The molecule has 1 aliphatic carbocycles. The number of ether oxygens (including phenoxy) is 2. The molecule has 29 heavy (non-hydrogen) atoms. The number of piperidine rings is 1. The summed E-state index contributed by atoms with van der Waals surface area (Å²) in [5.41, 5.74) is 0.923. The second kappa shape index (κ2) is 9.16. The summed E-state index contributed by atoms with van der Waals surface area (Å²) < 4.78 is 11.0. The molecule has 158 valence electrons. The highest BCUT2D eigenvalue weighted by Gasteiger charge is 2.24. The molecule has 1 saturated heterocycles. The van der Waals surface area contributed by atoms with E-state index in [9.17, 15) is 0 Å². The van der Waals surface area contributed by atoms with E-state index in [1.807, 2.05) is 12.1 Å². The van der Waals surface area contributed by atoms with E-state index in [-0.39, 0.29) is 0 Å². The Bertz CT molecular complexity index is 837. The Labute approximate surface area is 174 Å². The quantitative estimate of drug-likeness (QED) is 0.656. The van der Waals surface area contributed by atoms with Gasteiger partial charge in [0.25, 0.3) is 0 Å². The molecule has 6 nitrogen and oxygen atoms in total. The molecule has 2 heterocycles. The zero-order valence-corrected chi connectivity index (χ0v) is 18.0. The Kier molecular flexibility index (Phi) is 6.38. The minimum Gasteiger partial charge on any atom is -0.493 e. The van der Waals surface area contributed by atoms with E-state index in [4.69, 9.17) is 19.4 Å². The second-order valence-electron chi connectivity index (χ2n) is 8.44. The lowest BCUT2D eigenvalue weighted by molar-refractivity contribution is 0.160. The van der Waals surface area contributed by atoms with Crippen LogP contribution < -0.4 is 14.8 Å². The van der Waals surface area contributed by atoms with Crippen LogP contribution in [-0.2, 0) is 0 Å². The highest BCUT2D eigenvalue weighted by atomic mass is 16.5. The van der Waals surface area contributed by atoms with Crippen LogP contribution in [0.4, 0.5) is 5.82 Å². The Hall–Kier alpha value is -2.08. The van der Waals surface area contributed by atoms with Crippen molar-refractivity contribution in [3.8, 4) is 11.5 Å². The lowest BCUT2D eigenvalue weighted by Gasteiger charge is -2.33. The van der Waals surface area contributed by atoms with E-state index >= 15 is 0 Å². The minimum absolute atomic E-state index is 0.488. The van der Waals surface area contributed by atoms with Gasteiger partial charge in [-0.15, -0.1) is 0 Å². The van der Waals surface area contributed by atoms with Crippen molar-refractivity contribution in [1.29, 1.82) is 0 Å². The molecule has 4 rings (SSSR count). The number of hydrogen-bond donors (Lipinski definition) is 1. The summed E-state index contributed by atoms with van der Waals surface area (Å²) in [5.74, 6) is 3.79. The number of fused-ring (bicyclic) bond motifs is 1. The van der Waals surface area contributed by atoms with Crippen molar-refractivity contribution in [2.75, 3.05) is 39.2 Å². The zero-order chi connectivity index (χ0) is 20.2. The van der Waals surface area contributed by atoms with Crippen molar-refractivity contribution in [2.24, 2.45) is 0 Å². The van der Waals surface area contributed by atoms with Crippen molar-refractivity contribution in [3.63, 3.8) is 0 Å². The highest BCUT2D eigenvalue weighted by Crippen LogP contribution is 2.38. The lowest BCUT2D eigenvalue weighted by Crippen LogP contribution is -2.38. The Morgan fingerprint density at radius 3 is 2.52 bits per heavy atom. The predicted octanol–water partition coefficient (Wildman–Crippen LogP) is 4.59. The molecule has 2 fully saturated rings. The summed E-state index contributed by atoms with van der Waals surface area (Å²) in [5, 5.41) is 4.60. The van der Waals surface area contributed by atoms with E-state index in [0.29, 0.717) is 23.5 Å². The van der Waals surface area contributed by atoms with Crippen LogP contribution >= 0.6 is 0 Å². The normalized spacial score (nSPS) is 20.4. The van der Waals surface area contributed by atoms with Gasteiger partial charge in [-0.2, -0.15) is 0 Å². The maximum atomic E-state index is 5.51. The van der Waals surface area contributed by atoms with Gasteiger partial charge in [-0.3, -0.25) is 0 Å². The monoisotopic (exact) mass is 398 g/mol. The van der Waals surface area contributed by atoms with Crippen molar-refractivity contribution in [2.45, 2.75) is 63.8 Å². The molecule has 1 aliphatic heterocycles. The Morgan fingerprint density at radius 1 is 1.03 bits per heavy atom. The first-order chi connectivity index (χ1) is 14.2. The number of methoxy groups -OCH3 is 2. The van der Waals surface area contributed by atoms with Gasteiger partial charge >= 0.3 is 0 Å². The van der Waals surface area contributed by atoms with Crippen molar-refractivity contribution < 1.29 is 9.47 Å². The van der Waals surface area contributed by atoms with Gasteiger partial charge in [0.15, 0.2) is 11.5 Å². The molecule has 1 aromatic carbocycles. The fraction of sp³-hybridized carbons (Fsp3) is 0.652. The van der Waals surface area contributed by atoms with Crippen LogP contribution in [0.15, 0.2) is 12.1 Å². The van der Waals surface area contributed by atoms with E-state index in [1.165, 1.54) is 45.1 Å². The average Bonchev–Trinajstić information content (AvgIpc) is 2.70. The van der Waals surface area contributed by atoms with E-state index in [1.54, 1.807) is 14.2 Å². The van der Waals surface area contributed by atoms with Gasteiger partial charge in [0, 0.05) is 36.5 Å². The van der Waals surface area contributed by atoms with Crippen LogP contribution in [0.1, 0.15) is 63.6 Å². The fourth-order valence-electron chi connectivity index (χ4n) is 4.44. The van der Waals surface area contributed by atoms with E-state index in [0.717, 1.165) is 42.1 Å². The summed E-state index contributed by atoms with van der Waals surface area (Å²) in [6.45, 7) is 5.65. The summed E-state index contributed by atoms with van der Waals surface area (Å²) >= 11 is 0. The number of hydrogen-bond acceptors (Lipinski definition) is 6. The number of likely N-dealkylation sites (tertiary alicyclic amines) is 1. The highest BCUT2D eigenvalue weighted by molar-refractivity contribution is 5.91. The van der Waals surface area contributed by atoms with Gasteiger partial charge in [0.2, 0.25) is 0 Å². The summed E-state index contributed by atoms with van der Waals surface area (Å²) in [6, 6.07) is 4.68. The molecule has 1 aromatic heterocycles. The molecule has 0 spiro atoms. The number of rotatable bonds is 8. The maximum absolute atomic E-state index is 5.51. The predicted molar refractivity (Wildman–Crippen MR) is 117 cm³/mol. The summed E-state index contributed by atoms with van der Waals surface area (Å²) in [7, 11) is 3.33. The Morgan fingerprint density at radius 2 is 1.83 bits per heavy atom. The number of nitrogens with zero attached hydrogens (tertiary/aromatic N) is 3. The first kappa shape index (κ1) is 20.2. The lowest BCUT2D eigenvalue weighted by atomic mass is 9.85. The molecule has 2 aromatic rings. The van der Waals surface area contributed by atoms with Gasteiger partial charge in [-0.1, -0.05) is 12.8 Å². The SMILES string of the molecule is COc1cc2nc(C3CCC3)nc(NCCCN3CCCC[C@@H]3C)c2cc1OC. The Balaban J connectivity index is 1.52. The van der Waals surface area contributed by atoms with Crippen molar-refractivity contribution >= 4 is 16.7 Å². The van der Waals surface area contributed by atoms with Gasteiger partial charge in [-0.25, -0.2) is 9.97 Å². The third-order valence-corrected chi connectivity index (χ3v) is 6.54. The number of benzene rings is 1. The smallest absolute Gasteiger partial charge is 0.162 e. The molecule has 1 N–H and O–H groups in total. The average molecular weight is 399 g/mol. The first-order valence-electron chi connectivity index (χ1n) is 11.1. The molecular weight excluding hydrogens is 364 g/mol. The molecule has 0 radical (unpaired) electrons. The van der Waals surface area contributed by atoms with Crippen LogP contribution in [0.5, 0.6) is 11.5 Å². The topological polar surface area (TPSA) is 59.5 Å². The molecule has 1 saturated carbocycles. The second-order valence-corrected chi connectivity index (χ2v) is 8.44. The minimum atomic E-state index is 0.488. The van der Waals surface area contributed by atoms with Crippen LogP contribution in [0.2, 0.25) is 0 Å². The molecule has 0 unspecified atom stereocenters. The fourth-order valence-corrected chi connectivity index (χ4v) is 4.44. The third kappa shape index (κ3) is 4.42. The standard InChI is InChI=1S/C23H34N4O2/c1-16-8-4-5-12-27(16)13-7-11-24-23-18-14-20(28-2)21(29-3)15-19(18)25-22(26-23)17-9-6-10-17/h14-17H,4-13H2,1-3H3,(H,24,25,26)/t16-/m0/s1. The molecule has 2 aliphatic rings. The summed E-state index contributed by atoms with van der Waals surface area (Å²) in [6.07, 6.45) is 8.79. The molecule has 0 amide bonds. The van der Waals surface area contributed by atoms with Gasteiger partial charge in [0.05, 0.1) is 19.7 Å². The molecule has 0 bridgehead atoms. The maximum Gasteiger partial charge on any atom is 0.162 e. The van der Waals surface area contributed by atoms with E-state index in [2.05, 4.69) is 17.1 Å². The molecule has 1 atom stereocenters. The van der Waals surface area contributed by atoms with Gasteiger partial charge < -0.3 is 19.7 Å². The van der Waals surface area contributed by atoms with Crippen molar-refractivity contribution in [3.05, 3.63) is 18.0 Å². The van der Waals surface area contributed by atoms with Crippen LogP contribution in [0.25, 0.3) is 10.9 Å². The molecule has 6 heteroatoms. The van der Waals surface area contributed by atoms with Crippen molar-refractivity contribution in [1.82, 2.24) is 14.9 Å². The van der Waals surface area contributed by atoms with Crippen LogP contribution in [-0.4, -0.2) is 54.8 Å². The number of anilines is 1. The first-order valence-corrected chi connectivity index (χ1v) is 11.1. The van der Waals surface area contributed by atoms with E-state index < -0.39 is 0 Å². The van der Waals surface area contributed by atoms with Gasteiger partial charge in [0.1, 0.15) is 11.6 Å². The van der Waals surface area contributed by atoms with Crippen LogP contribution in [0, 0.1) is 0 Å².